The van der Waals surface area contributed by atoms with Crippen LogP contribution >= 0.6 is 46.4 Å². The molecular formula is C12H5Cl4NO2. The number of benzene rings is 1. The van der Waals surface area contributed by atoms with E-state index in [0.717, 1.165) is 0 Å². The zero-order valence-electron chi connectivity index (χ0n) is 9.12. The molecule has 2 aromatic rings. The Kier molecular flexibility index (Phi) is 4.21. The van der Waals surface area contributed by atoms with Crippen molar-refractivity contribution in [1.82, 2.24) is 4.98 Å². The Morgan fingerprint density at radius 1 is 1.11 bits per heavy atom. The lowest BCUT2D eigenvalue weighted by Gasteiger charge is -2.11. The van der Waals surface area contributed by atoms with Crippen molar-refractivity contribution in [2.75, 3.05) is 0 Å². The molecular weight excluding hydrogens is 332 g/mol. The Morgan fingerprint density at radius 2 is 1.74 bits per heavy atom. The third kappa shape index (κ3) is 2.79. The lowest BCUT2D eigenvalue weighted by molar-refractivity contribution is 0.0691. The fourth-order valence-corrected chi connectivity index (χ4v) is 2.46. The summed E-state index contributed by atoms with van der Waals surface area (Å²) in [7, 11) is 0. The van der Waals surface area contributed by atoms with Gasteiger partial charge in [-0.1, -0.05) is 46.4 Å². The summed E-state index contributed by atoms with van der Waals surface area (Å²) >= 11 is 23.9. The van der Waals surface area contributed by atoms with Crippen LogP contribution in [0.5, 0.6) is 0 Å². The standard InChI is InChI=1S/C12H5Cl4NO2/c13-5-3-6(11(12(18)19)17-4-5)9-7(14)1-2-8(15)10(9)16/h1-4H,(H,18,19). The lowest BCUT2D eigenvalue weighted by Crippen LogP contribution is -2.03. The zero-order chi connectivity index (χ0) is 14.2. The van der Waals surface area contributed by atoms with E-state index in [0.29, 0.717) is 5.56 Å². The number of halogens is 4. The molecule has 2 rings (SSSR count). The van der Waals surface area contributed by atoms with Crippen LogP contribution in [0.3, 0.4) is 0 Å². The Labute approximate surface area is 128 Å². The highest BCUT2D eigenvalue weighted by molar-refractivity contribution is 6.46. The second kappa shape index (κ2) is 5.55. The van der Waals surface area contributed by atoms with Gasteiger partial charge in [0.05, 0.1) is 20.1 Å². The van der Waals surface area contributed by atoms with E-state index in [4.69, 9.17) is 51.5 Å². The molecule has 0 fully saturated rings. The summed E-state index contributed by atoms with van der Waals surface area (Å²) in [6.07, 6.45) is 1.24. The maximum atomic E-state index is 11.2. The normalized spacial score (nSPS) is 10.5. The third-order valence-electron chi connectivity index (χ3n) is 2.37. The van der Waals surface area contributed by atoms with Gasteiger partial charge in [-0.2, -0.15) is 0 Å². The minimum absolute atomic E-state index is 0.153. The highest BCUT2D eigenvalue weighted by Gasteiger charge is 2.20. The van der Waals surface area contributed by atoms with Gasteiger partial charge >= 0.3 is 5.97 Å². The average Bonchev–Trinajstić information content (AvgIpc) is 2.34. The van der Waals surface area contributed by atoms with E-state index in [9.17, 15) is 4.79 Å². The van der Waals surface area contributed by atoms with Gasteiger partial charge in [0, 0.05) is 17.3 Å². The van der Waals surface area contributed by atoms with Crippen LogP contribution in [0.1, 0.15) is 10.5 Å². The molecule has 19 heavy (non-hydrogen) atoms. The van der Waals surface area contributed by atoms with E-state index in [2.05, 4.69) is 4.98 Å². The number of carboxylic acid groups (broad SMARTS) is 1. The van der Waals surface area contributed by atoms with Crippen molar-refractivity contribution >= 4 is 52.4 Å². The molecule has 0 unspecified atom stereocenters. The van der Waals surface area contributed by atoms with Crippen LogP contribution in [0, 0.1) is 0 Å². The molecule has 0 atom stereocenters. The first-order chi connectivity index (χ1) is 8.91. The van der Waals surface area contributed by atoms with Crippen molar-refractivity contribution in [2.24, 2.45) is 0 Å². The first-order valence-electron chi connectivity index (χ1n) is 4.94. The molecule has 0 saturated carbocycles. The molecule has 0 spiro atoms. The Morgan fingerprint density at radius 3 is 2.37 bits per heavy atom. The van der Waals surface area contributed by atoms with Gasteiger partial charge in [0.2, 0.25) is 0 Å². The van der Waals surface area contributed by atoms with Crippen LogP contribution in [-0.2, 0) is 0 Å². The number of rotatable bonds is 2. The number of hydrogen-bond donors (Lipinski definition) is 1. The van der Waals surface area contributed by atoms with Gasteiger partial charge in [0.25, 0.3) is 0 Å². The maximum Gasteiger partial charge on any atom is 0.355 e. The Balaban J connectivity index is 2.82. The third-order valence-corrected chi connectivity index (χ3v) is 3.70. The molecule has 0 aliphatic heterocycles. The second-order valence-corrected chi connectivity index (χ2v) is 5.20. The summed E-state index contributed by atoms with van der Waals surface area (Å²) < 4.78 is 0. The summed E-state index contributed by atoms with van der Waals surface area (Å²) in [5.41, 5.74) is 0.316. The number of carbonyl (C=O) groups is 1. The first kappa shape index (κ1) is 14.4. The van der Waals surface area contributed by atoms with E-state index in [-0.39, 0.29) is 31.3 Å². The van der Waals surface area contributed by atoms with E-state index in [1.165, 1.54) is 24.4 Å². The van der Waals surface area contributed by atoms with E-state index in [1.807, 2.05) is 0 Å². The molecule has 0 radical (unpaired) electrons. The molecule has 7 heteroatoms. The molecule has 3 nitrogen and oxygen atoms in total. The van der Waals surface area contributed by atoms with Crippen molar-refractivity contribution in [3.05, 3.63) is 50.2 Å². The van der Waals surface area contributed by atoms with Crippen LogP contribution in [-0.4, -0.2) is 16.1 Å². The molecule has 1 N–H and O–H groups in total. The Bertz CT molecular complexity index is 673. The molecule has 1 heterocycles. The van der Waals surface area contributed by atoms with Crippen molar-refractivity contribution in [2.45, 2.75) is 0 Å². The average molecular weight is 337 g/mol. The maximum absolute atomic E-state index is 11.2. The SMILES string of the molecule is O=C(O)c1ncc(Cl)cc1-c1c(Cl)ccc(Cl)c1Cl. The summed E-state index contributed by atoms with van der Waals surface area (Å²) in [6.45, 7) is 0. The van der Waals surface area contributed by atoms with Crippen LogP contribution in [0.4, 0.5) is 0 Å². The molecule has 1 aromatic heterocycles. The van der Waals surface area contributed by atoms with Crippen LogP contribution in [0.25, 0.3) is 11.1 Å². The highest BCUT2D eigenvalue weighted by atomic mass is 35.5. The van der Waals surface area contributed by atoms with Crippen molar-refractivity contribution < 1.29 is 9.90 Å². The number of aromatic nitrogens is 1. The van der Waals surface area contributed by atoms with Gasteiger partial charge in [-0.25, -0.2) is 9.78 Å². The highest BCUT2D eigenvalue weighted by Crippen LogP contribution is 2.40. The summed E-state index contributed by atoms with van der Waals surface area (Å²) in [5, 5.41) is 10.1. The zero-order valence-corrected chi connectivity index (χ0v) is 12.1. The van der Waals surface area contributed by atoms with Crippen LogP contribution in [0.15, 0.2) is 24.4 Å². The predicted molar refractivity (Wildman–Crippen MR) is 76.7 cm³/mol. The Hall–Kier alpha value is -1.000. The minimum atomic E-state index is -1.21. The number of carboxylic acids is 1. The summed E-state index contributed by atoms with van der Waals surface area (Å²) in [5.74, 6) is -1.21. The van der Waals surface area contributed by atoms with Gasteiger partial charge in [0.15, 0.2) is 5.69 Å². The van der Waals surface area contributed by atoms with Crippen molar-refractivity contribution in [3.63, 3.8) is 0 Å². The van der Waals surface area contributed by atoms with E-state index in [1.54, 1.807) is 0 Å². The largest absolute Gasteiger partial charge is 0.476 e. The molecule has 0 aliphatic carbocycles. The van der Waals surface area contributed by atoms with Gasteiger partial charge in [-0.15, -0.1) is 0 Å². The smallest absolute Gasteiger partial charge is 0.355 e. The molecule has 0 saturated heterocycles. The van der Waals surface area contributed by atoms with E-state index < -0.39 is 5.97 Å². The minimum Gasteiger partial charge on any atom is -0.476 e. The quantitative estimate of drug-likeness (QED) is 0.780. The molecule has 0 aliphatic rings. The fraction of sp³-hybridized carbons (Fsp3) is 0. The number of nitrogens with zero attached hydrogens (tertiary/aromatic N) is 1. The second-order valence-electron chi connectivity index (χ2n) is 3.57. The molecule has 0 bridgehead atoms. The molecule has 0 amide bonds. The summed E-state index contributed by atoms with van der Waals surface area (Å²) in [4.78, 5) is 15.0. The van der Waals surface area contributed by atoms with E-state index >= 15 is 0 Å². The fourth-order valence-electron chi connectivity index (χ4n) is 1.57. The number of pyridine rings is 1. The van der Waals surface area contributed by atoms with Crippen molar-refractivity contribution in [3.8, 4) is 11.1 Å². The van der Waals surface area contributed by atoms with Gasteiger partial charge < -0.3 is 5.11 Å². The molecule has 1 aromatic carbocycles. The topological polar surface area (TPSA) is 50.2 Å². The summed E-state index contributed by atoms with van der Waals surface area (Å²) in [6, 6.07) is 4.48. The van der Waals surface area contributed by atoms with Crippen molar-refractivity contribution in [1.29, 1.82) is 0 Å². The van der Waals surface area contributed by atoms with Gasteiger partial charge in [-0.3, -0.25) is 0 Å². The van der Waals surface area contributed by atoms with Gasteiger partial charge in [-0.05, 0) is 18.2 Å². The lowest BCUT2D eigenvalue weighted by atomic mass is 10.0. The van der Waals surface area contributed by atoms with Crippen LogP contribution < -0.4 is 0 Å². The van der Waals surface area contributed by atoms with Gasteiger partial charge in [0.1, 0.15) is 0 Å². The van der Waals surface area contributed by atoms with Crippen LogP contribution in [0.2, 0.25) is 20.1 Å². The molecule has 98 valence electrons. The first-order valence-corrected chi connectivity index (χ1v) is 6.45. The predicted octanol–water partition coefficient (Wildman–Crippen LogP) is 5.06. The number of aromatic carboxylic acids is 1. The number of hydrogen-bond acceptors (Lipinski definition) is 2. The monoisotopic (exact) mass is 335 g/mol.